The first-order valence-electron chi connectivity index (χ1n) is 7.11. The summed E-state index contributed by atoms with van der Waals surface area (Å²) in [6.07, 6.45) is 2.58. The molecule has 0 saturated heterocycles. The molecule has 1 atom stereocenters. The van der Waals surface area contributed by atoms with Gasteiger partial charge in [-0.2, -0.15) is 0 Å². The van der Waals surface area contributed by atoms with Crippen molar-refractivity contribution in [3.63, 3.8) is 0 Å². The third-order valence-electron chi connectivity index (χ3n) is 3.75. The molecular formula is C17H23NO3. The first-order valence-corrected chi connectivity index (χ1v) is 7.11. The number of nitrogens with one attached hydrogen (secondary N) is 1. The van der Waals surface area contributed by atoms with Crippen LogP contribution in [-0.2, 0) is 4.79 Å². The zero-order chi connectivity index (χ0) is 16.0. The number of rotatable bonds is 6. The summed E-state index contributed by atoms with van der Waals surface area (Å²) in [7, 11) is 0. The summed E-state index contributed by atoms with van der Waals surface area (Å²) in [4.78, 5) is 22.8. The van der Waals surface area contributed by atoms with Crippen LogP contribution in [0.25, 0.3) is 6.08 Å². The molecule has 1 rings (SSSR count). The summed E-state index contributed by atoms with van der Waals surface area (Å²) in [5.74, 6) is -0.207. The van der Waals surface area contributed by atoms with Crippen molar-refractivity contribution in [1.29, 1.82) is 0 Å². The Labute approximate surface area is 125 Å². The van der Waals surface area contributed by atoms with Gasteiger partial charge >= 0.3 is 5.97 Å². The zero-order valence-electron chi connectivity index (χ0n) is 13.0. The standard InChI is InChI=1S/C17H23NO3/c1-11(2)12(3)10-18-17(21)15-7-5-6-14(13(15)4)8-9-16(19)20/h5-9,11-12H,10H2,1-4H3,(H,18,21)(H,19,20). The smallest absolute Gasteiger partial charge is 0.328 e. The van der Waals surface area contributed by atoms with Crippen LogP contribution in [0.1, 0.15) is 42.3 Å². The van der Waals surface area contributed by atoms with Gasteiger partial charge in [-0.25, -0.2) is 4.79 Å². The largest absolute Gasteiger partial charge is 0.478 e. The van der Waals surface area contributed by atoms with Crippen LogP contribution in [0.5, 0.6) is 0 Å². The summed E-state index contributed by atoms with van der Waals surface area (Å²) >= 11 is 0. The first-order chi connectivity index (χ1) is 9.82. The molecule has 1 unspecified atom stereocenters. The van der Waals surface area contributed by atoms with Crippen molar-refractivity contribution in [2.75, 3.05) is 6.54 Å². The second kappa shape index (κ2) is 7.62. The number of benzene rings is 1. The van der Waals surface area contributed by atoms with E-state index in [4.69, 9.17) is 5.11 Å². The Kier molecular flexibility index (Phi) is 6.15. The molecule has 0 aromatic heterocycles. The van der Waals surface area contributed by atoms with Crippen molar-refractivity contribution in [3.05, 3.63) is 41.0 Å². The highest BCUT2D eigenvalue weighted by molar-refractivity contribution is 5.97. The highest BCUT2D eigenvalue weighted by atomic mass is 16.4. The third-order valence-corrected chi connectivity index (χ3v) is 3.75. The van der Waals surface area contributed by atoms with E-state index in [1.54, 1.807) is 18.2 Å². The summed E-state index contributed by atoms with van der Waals surface area (Å²) in [5, 5.41) is 11.6. The Balaban J connectivity index is 2.86. The van der Waals surface area contributed by atoms with Gasteiger partial charge in [0.25, 0.3) is 5.91 Å². The molecule has 0 bridgehead atoms. The molecule has 0 saturated carbocycles. The minimum absolute atomic E-state index is 0.120. The summed E-state index contributed by atoms with van der Waals surface area (Å²) in [5.41, 5.74) is 2.10. The fourth-order valence-corrected chi connectivity index (χ4v) is 1.83. The van der Waals surface area contributed by atoms with E-state index < -0.39 is 5.97 Å². The van der Waals surface area contributed by atoms with Crippen molar-refractivity contribution in [1.82, 2.24) is 5.32 Å². The SMILES string of the molecule is Cc1c(C=CC(=O)O)cccc1C(=O)NCC(C)C(C)C. The van der Waals surface area contributed by atoms with Gasteiger partial charge in [0.15, 0.2) is 0 Å². The molecule has 1 aromatic rings. The zero-order valence-corrected chi connectivity index (χ0v) is 13.0. The van der Waals surface area contributed by atoms with E-state index in [-0.39, 0.29) is 5.91 Å². The highest BCUT2D eigenvalue weighted by Crippen LogP contribution is 2.16. The van der Waals surface area contributed by atoms with E-state index in [0.717, 1.165) is 17.2 Å². The van der Waals surface area contributed by atoms with Gasteiger partial charge in [0, 0.05) is 18.2 Å². The van der Waals surface area contributed by atoms with Crippen molar-refractivity contribution in [3.8, 4) is 0 Å². The van der Waals surface area contributed by atoms with Crippen LogP contribution in [-0.4, -0.2) is 23.5 Å². The lowest BCUT2D eigenvalue weighted by atomic mass is 9.97. The molecule has 2 N–H and O–H groups in total. The van der Waals surface area contributed by atoms with Gasteiger partial charge in [0.1, 0.15) is 0 Å². The summed E-state index contributed by atoms with van der Waals surface area (Å²) in [6.45, 7) is 8.80. The Hall–Kier alpha value is -2.10. The van der Waals surface area contributed by atoms with E-state index in [1.807, 2.05) is 6.92 Å². The maximum absolute atomic E-state index is 12.2. The van der Waals surface area contributed by atoms with E-state index in [9.17, 15) is 9.59 Å². The van der Waals surface area contributed by atoms with Crippen molar-refractivity contribution >= 4 is 18.0 Å². The molecule has 0 spiro atoms. The lowest BCUT2D eigenvalue weighted by molar-refractivity contribution is -0.131. The van der Waals surface area contributed by atoms with Crippen LogP contribution < -0.4 is 5.32 Å². The number of carboxylic acid groups (broad SMARTS) is 1. The minimum Gasteiger partial charge on any atom is -0.478 e. The van der Waals surface area contributed by atoms with Crippen LogP contribution in [0.3, 0.4) is 0 Å². The fraction of sp³-hybridized carbons (Fsp3) is 0.412. The molecule has 0 aliphatic heterocycles. The minimum atomic E-state index is -1.00. The Morgan fingerprint density at radius 2 is 1.95 bits per heavy atom. The van der Waals surface area contributed by atoms with Gasteiger partial charge in [0.2, 0.25) is 0 Å². The predicted octanol–water partition coefficient (Wildman–Crippen LogP) is 3.11. The lowest BCUT2D eigenvalue weighted by Gasteiger charge is -2.17. The van der Waals surface area contributed by atoms with E-state index in [1.165, 1.54) is 6.08 Å². The topological polar surface area (TPSA) is 66.4 Å². The number of aliphatic carboxylic acids is 1. The van der Waals surface area contributed by atoms with Crippen LogP contribution in [0, 0.1) is 18.8 Å². The Bertz CT molecular complexity index is 547. The maximum Gasteiger partial charge on any atom is 0.328 e. The molecule has 21 heavy (non-hydrogen) atoms. The van der Waals surface area contributed by atoms with E-state index in [0.29, 0.717) is 23.9 Å². The van der Waals surface area contributed by atoms with E-state index >= 15 is 0 Å². The molecule has 0 radical (unpaired) electrons. The first kappa shape index (κ1) is 17.0. The molecule has 0 aliphatic rings. The quantitative estimate of drug-likeness (QED) is 0.791. The van der Waals surface area contributed by atoms with Gasteiger partial charge in [-0.3, -0.25) is 4.79 Å². The normalized spacial score (nSPS) is 12.6. The van der Waals surface area contributed by atoms with Crippen molar-refractivity contribution in [2.24, 2.45) is 11.8 Å². The fourth-order valence-electron chi connectivity index (χ4n) is 1.83. The molecule has 4 nitrogen and oxygen atoms in total. The molecule has 0 aliphatic carbocycles. The number of carbonyl (C=O) groups is 2. The second-order valence-electron chi connectivity index (χ2n) is 5.62. The number of hydrogen-bond acceptors (Lipinski definition) is 2. The average Bonchev–Trinajstić information content (AvgIpc) is 2.42. The number of hydrogen-bond donors (Lipinski definition) is 2. The van der Waals surface area contributed by atoms with E-state index in [2.05, 4.69) is 26.1 Å². The molecule has 0 heterocycles. The maximum atomic E-state index is 12.2. The van der Waals surface area contributed by atoms with Gasteiger partial charge in [-0.05, 0) is 42.0 Å². The molecule has 114 valence electrons. The Morgan fingerprint density at radius 1 is 1.29 bits per heavy atom. The summed E-state index contributed by atoms with van der Waals surface area (Å²) < 4.78 is 0. The van der Waals surface area contributed by atoms with Crippen LogP contribution >= 0.6 is 0 Å². The van der Waals surface area contributed by atoms with Gasteiger partial charge in [-0.1, -0.05) is 32.9 Å². The average molecular weight is 289 g/mol. The lowest BCUT2D eigenvalue weighted by Crippen LogP contribution is -2.30. The van der Waals surface area contributed by atoms with Crippen LogP contribution in [0.15, 0.2) is 24.3 Å². The van der Waals surface area contributed by atoms with Gasteiger partial charge in [0.05, 0.1) is 0 Å². The number of amides is 1. The van der Waals surface area contributed by atoms with Crippen LogP contribution in [0.4, 0.5) is 0 Å². The van der Waals surface area contributed by atoms with Gasteiger partial charge in [-0.15, -0.1) is 0 Å². The molecule has 4 heteroatoms. The summed E-state index contributed by atoms with van der Waals surface area (Å²) in [6, 6.07) is 5.31. The Morgan fingerprint density at radius 3 is 2.52 bits per heavy atom. The van der Waals surface area contributed by atoms with Crippen molar-refractivity contribution < 1.29 is 14.7 Å². The predicted molar refractivity (Wildman–Crippen MR) is 84.2 cm³/mol. The van der Waals surface area contributed by atoms with Gasteiger partial charge < -0.3 is 10.4 Å². The molecule has 1 amide bonds. The second-order valence-corrected chi connectivity index (χ2v) is 5.62. The van der Waals surface area contributed by atoms with Crippen LogP contribution in [0.2, 0.25) is 0 Å². The highest BCUT2D eigenvalue weighted by Gasteiger charge is 2.13. The molecular weight excluding hydrogens is 266 g/mol. The number of carbonyl (C=O) groups excluding carboxylic acids is 1. The monoisotopic (exact) mass is 289 g/mol. The molecule has 0 fully saturated rings. The van der Waals surface area contributed by atoms with Crippen molar-refractivity contribution in [2.45, 2.75) is 27.7 Å². The number of carboxylic acids is 1. The third kappa shape index (κ3) is 5.06. The molecule has 1 aromatic carbocycles.